The van der Waals surface area contributed by atoms with E-state index in [9.17, 15) is 10.1 Å². The van der Waals surface area contributed by atoms with E-state index >= 15 is 0 Å². The van der Waals surface area contributed by atoms with Crippen LogP contribution >= 0.6 is 0 Å². The molecule has 8 heteroatoms. The van der Waals surface area contributed by atoms with Crippen molar-refractivity contribution in [3.05, 3.63) is 27.9 Å². The van der Waals surface area contributed by atoms with E-state index < -0.39 is 4.92 Å². The minimum atomic E-state index is -0.612. The molecular weight excluding hydrogens is 252 g/mol. The molecule has 0 aliphatic rings. The van der Waals surface area contributed by atoms with Gasteiger partial charge in [0.25, 0.3) is 0 Å². The number of pyridine rings is 1. The Morgan fingerprint density at radius 2 is 2.47 bits per heavy atom. The van der Waals surface area contributed by atoms with Gasteiger partial charge < -0.3 is 15.2 Å². The SMILES string of the molecule is COCC(CCO)Nc1ncc(C#N)cc1[N+](=O)[O-]. The van der Waals surface area contributed by atoms with Gasteiger partial charge in [0.2, 0.25) is 5.82 Å². The molecule has 1 aromatic rings. The Morgan fingerprint density at radius 3 is 3.00 bits per heavy atom. The fourth-order valence-corrected chi connectivity index (χ4v) is 1.51. The molecular formula is C11H14N4O4. The van der Waals surface area contributed by atoms with Gasteiger partial charge in [-0.2, -0.15) is 5.26 Å². The topological polar surface area (TPSA) is 121 Å². The van der Waals surface area contributed by atoms with Crippen LogP contribution in [-0.4, -0.2) is 41.4 Å². The second-order valence-electron chi connectivity index (χ2n) is 3.77. The number of aliphatic hydroxyl groups is 1. The maximum atomic E-state index is 10.9. The second kappa shape index (κ2) is 7.25. The van der Waals surface area contributed by atoms with Gasteiger partial charge in [-0.05, 0) is 6.42 Å². The van der Waals surface area contributed by atoms with E-state index in [0.717, 1.165) is 6.07 Å². The summed E-state index contributed by atoms with van der Waals surface area (Å²) in [5.74, 6) is 0.0551. The van der Waals surface area contributed by atoms with Crippen LogP contribution < -0.4 is 5.32 Å². The minimum absolute atomic E-state index is 0.0551. The molecule has 1 rings (SSSR count). The number of nitriles is 1. The molecule has 0 fully saturated rings. The third-order valence-electron chi connectivity index (χ3n) is 2.38. The lowest BCUT2D eigenvalue weighted by Gasteiger charge is -2.17. The van der Waals surface area contributed by atoms with E-state index in [4.69, 9.17) is 15.1 Å². The molecule has 0 saturated heterocycles. The van der Waals surface area contributed by atoms with Crippen molar-refractivity contribution in [2.24, 2.45) is 0 Å². The molecule has 0 aliphatic carbocycles. The number of nitro groups is 1. The number of hydrogen-bond donors (Lipinski definition) is 2. The third kappa shape index (κ3) is 4.17. The van der Waals surface area contributed by atoms with Gasteiger partial charge in [0.15, 0.2) is 0 Å². The minimum Gasteiger partial charge on any atom is -0.396 e. The van der Waals surface area contributed by atoms with Crippen LogP contribution in [0.5, 0.6) is 0 Å². The molecule has 2 N–H and O–H groups in total. The number of ether oxygens (including phenoxy) is 1. The smallest absolute Gasteiger partial charge is 0.312 e. The summed E-state index contributed by atoms with van der Waals surface area (Å²) in [6.45, 7) is 0.199. The summed E-state index contributed by atoms with van der Waals surface area (Å²) >= 11 is 0. The summed E-state index contributed by atoms with van der Waals surface area (Å²) in [5.41, 5.74) is -0.166. The zero-order chi connectivity index (χ0) is 14.3. The van der Waals surface area contributed by atoms with Crippen LogP contribution in [0.4, 0.5) is 11.5 Å². The molecule has 0 saturated carbocycles. The second-order valence-corrected chi connectivity index (χ2v) is 3.77. The van der Waals surface area contributed by atoms with Crippen molar-refractivity contribution in [3.63, 3.8) is 0 Å². The van der Waals surface area contributed by atoms with Crippen LogP contribution in [-0.2, 0) is 4.74 Å². The Hall–Kier alpha value is -2.24. The molecule has 0 aliphatic heterocycles. The Bertz CT molecular complexity index is 480. The number of anilines is 1. The lowest BCUT2D eigenvalue weighted by molar-refractivity contribution is -0.384. The van der Waals surface area contributed by atoms with E-state index in [1.54, 1.807) is 6.07 Å². The monoisotopic (exact) mass is 266 g/mol. The largest absolute Gasteiger partial charge is 0.396 e. The van der Waals surface area contributed by atoms with Crippen molar-refractivity contribution in [1.29, 1.82) is 5.26 Å². The molecule has 1 atom stereocenters. The van der Waals surface area contributed by atoms with Gasteiger partial charge >= 0.3 is 5.69 Å². The van der Waals surface area contributed by atoms with Crippen molar-refractivity contribution in [2.75, 3.05) is 25.6 Å². The number of aromatic nitrogens is 1. The first-order valence-corrected chi connectivity index (χ1v) is 5.53. The first-order valence-electron chi connectivity index (χ1n) is 5.53. The zero-order valence-electron chi connectivity index (χ0n) is 10.4. The summed E-state index contributed by atoms with van der Waals surface area (Å²) in [7, 11) is 1.49. The highest BCUT2D eigenvalue weighted by Crippen LogP contribution is 2.23. The van der Waals surface area contributed by atoms with Crippen LogP contribution in [0.2, 0.25) is 0 Å². The summed E-state index contributed by atoms with van der Waals surface area (Å²) in [6, 6.07) is 2.65. The van der Waals surface area contributed by atoms with Gasteiger partial charge in [-0.1, -0.05) is 0 Å². The van der Waals surface area contributed by atoms with Gasteiger partial charge in [0.1, 0.15) is 6.07 Å². The maximum absolute atomic E-state index is 10.9. The van der Waals surface area contributed by atoms with E-state index in [1.165, 1.54) is 13.3 Å². The fraction of sp³-hybridized carbons (Fsp3) is 0.455. The van der Waals surface area contributed by atoms with Crippen molar-refractivity contribution < 1.29 is 14.8 Å². The average Bonchev–Trinajstić information content (AvgIpc) is 2.39. The van der Waals surface area contributed by atoms with Crippen LogP contribution in [0.15, 0.2) is 12.3 Å². The van der Waals surface area contributed by atoms with Crippen LogP contribution in [0, 0.1) is 21.4 Å². The Labute approximate surface area is 109 Å². The molecule has 1 unspecified atom stereocenters. The molecule has 0 aromatic carbocycles. The summed E-state index contributed by atoms with van der Waals surface area (Å²) in [5, 5.41) is 31.4. The van der Waals surface area contributed by atoms with Gasteiger partial charge in [0.05, 0.1) is 23.1 Å². The lowest BCUT2D eigenvalue weighted by atomic mass is 10.2. The predicted molar refractivity (Wildman–Crippen MR) is 66.6 cm³/mol. The van der Waals surface area contributed by atoms with Crippen molar-refractivity contribution in [1.82, 2.24) is 4.98 Å². The first-order chi connectivity index (χ1) is 9.12. The Morgan fingerprint density at radius 1 is 1.74 bits per heavy atom. The molecule has 8 nitrogen and oxygen atoms in total. The van der Waals surface area contributed by atoms with Crippen LogP contribution in [0.1, 0.15) is 12.0 Å². The molecule has 19 heavy (non-hydrogen) atoms. The highest BCUT2D eigenvalue weighted by molar-refractivity contribution is 5.58. The van der Waals surface area contributed by atoms with Crippen molar-refractivity contribution in [3.8, 4) is 6.07 Å². The quantitative estimate of drug-likeness (QED) is 0.549. The Kier molecular flexibility index (Phi) is 5.66. The van der Waals surface area contributed by atoms with Crippen LogP contribution in [0.3, 0.4) is 0 Å². The third-order valence-corrected chi connectivity index (χ3v) is 2.38. The number of aliphatic hydroxyl groups excluding tert-OH is 1. The summed E-state index contributed by atoms with van der Waals surface area (Å²) in [6.07, 6.45) is 1.62. The van der Waals surface area contributed by atoms with Crippen molar-refractivity contribution in [2.45, 2.75) is 12.5 Å². The maximum Gasteiger partial charge on any atom is 0.312 e. The van der Waals surface area contributed by atoms with E-state index in [2.05, 4.69) is 10.3 Å². The van der Waals surface area contributed by atoms with Gasteiger partial charge in [-0.3, -0.25) is 10.1 Å². The van der Waals surface area contributed by atoms with E-state index in [-0.39, 0.29) is 36.3 Å². The number of nitrogens with one attached hydrogen (secondary N) is 1. The van der Waals surface area contributed by atoms with Gasteiger partial charge in [-0.15, -0.1) is 0 Å². The number of rotatable bonds is 7. The van der Waals surface area contributed by atoms with Gasteiger partial charge in [0, 0.05) is 26.0 Å². The molecule has 0 spiro atoms. The standard InChI is InChI=1S/C11H14N4O4/c1-19-7-9(2-3-16)14-11-10(15(17)18)4-8(5-12)6-13-11/h4,6,9,16H,2-3,7H2,1H3,(H,13,14). The summed E-state index contributed by atoms with van der Waals surface area (Å²) < 4.78 is 4.95. The first kappa shape index (κ1) is 14.8. The Balaban J connectivity index is 2.98. The van der Waals surface area contributed by atoms with Crippen LogP contribution in [0.25, 0.3) is 0 Å². The van der Waals surface area contributed by atoms with Crippen molar-refractivity contribution >= 4 is 11.5 Å². The van der Waals surface area contributed by atoms with E-state index in [0.29, 0.717) is 6.42 Å². The lowest BCUT2D eigenvalue weighted by Crippen LogP contribution is -2.27. The molecule has 1 aromatic heterocycles. The predicted octanol–water partition coefficient (Wildman–Crippen LogP) is 0.671. The normalized spacial score (nSPS) is 11.6. The highest BCUT2D eigenvalue weighted by atomic mass is 16.6. The molecule has 102 valence electrons. The molecule has 0 amide bonds. The fourth-order valence-electron chi connectivity index (χ4n) is 1.51. The zero-order valence-corrected chi connectivity index (χ0v) is 10.4. The number of methoxy groups -OCH3 is 1. The molecule has 0 radical (unpaired) electrons. The molecule has 1 heterocycles. The average molecular weight is 266 g/mol. The highest BCUT2D eigenvalue weighted by Gasteiger charge is 2.19. The number of hydrogen-bond acceptors (Lipinski definition) is 7. The van der Waals surface area contributed by atoms with Gasteiger partial charge in [-0.25, -0.2) is 4.98 Å². The van der Waals surface area contributed by atoms with E-state index in [1.807, 2.05) is 0 Å². The summed E-state index contributed by atoms with van der Waals surface area (Å²) in [4.78, 5) is 14.2. The number of nitrogens with zero attached hydrogens (tertiary/aromatic N) is 3. The molecule has 0 bridgehead atoms.